The van der Waals surface area contributed by atoms with Gasteiger partial charge in [-0.15, -0.1) is 0 Å². The van der Waals surface area contributed by atoms with Crippen LogP contribution in [0.25, 0.3) is 0 Å². The van der Waals surface area contributed by atoms with Crippen LogP contribution >= 0.6 is 0 Å². The van der Waals surface area contributed by atoms with Crippen LogP contribution < -0.4 is 20.7 Å². The van der Waals surface area contributed by atoms with Gasteiger partial charge in [0.05, 0.1) is 5.69 Å². The molecule has 0 spiro atoms. The Labute approximate surface area is 176 Å². The molecular formula is C21H31N3O6. The first-order valence-electron chi connectivity index (χ1n) is 10.4. The summed E-state index contributed by atoms with van der Waals surface area (Å²) >= 11 is 0. The molecule has 5 N–H and O–H groups in total. The van der Waals surface area contributed by atoms with Crippen molar-refractivity contribution in [3.63, 3.8) is 0 Å². The number of carboxylic acids is 2. The Kier molecular flexibility index (Phi) is 9.56. The summed E-state index contributed by atoms with van der Waals surface area (Å²) in [5.41, 5.74) is 5.83. The molecule has 0 fully saturated rings. The quantitative estimate of drug-likeness (QED) is 0.352. The Bertz CT molecular complexity index is 726. The highest BCUT2D eigenvalue weighted by molar-refractivity contribution is 6.02. The maximum Gasteiger partial charge on any atom is 0.323 e. The third-order valence-electron chi connectivity index (χ3n) is 5.07. The smallest absolute Gasteiger partial charge is 0.323 e. The van der Waals surface area contributed by atoms with Gasteiger partial charge in [-0.1, -0.05) is 44.2 Å². The lowest BCUT2D eigenvalue weighted by Crippen LogP contribution is -2.54. The van der Waals surface area contributed by atoms with Gasteiger partial charge in [0.1, 0.15) is 31.0 Å². The molecule has 1 aromatic rings. The summed E-state index contributed by atoms with van der Waals surface area (Å²) in [6.07, 6.45) is 6.15. The number of para-hydroxylation sites is 2. The lowest BCUT2D eigenvalue weighted by Gasteiger charge is -2.25. The molecule has 0 radical (unpaired) electrons. The molecule has 2 atom stereocenters. The minimum atomic E-state index is -1.16. The van der Waals surface area contributed by atoms with Gasteiger partial charge in [0.15, 0.2) is 0 Å². The van der Waals surface area contributed by atoms with E-state index in [1.165, 1.54) is 0 Å². The molecule has 1 heterocycles. The van der Waals surface area contributed by atoms with Crippen molar-refractivity contribution in [1.29, 1.82) is 0 Å². The largest absolute Gasteiger partial charge is 0.489 e. The summed E-state index contributed by atoms with van der Waals surface area (Å²) in [4.78, 5) is 37.1. The van der Waals surface area contributed by atoms with Crippen LogP contribution in [-0.4, -0.2) is 59.8 Å². The predicted octanol–water partition coefficient (Wildman–Crippen LogP) is 1.60. The number of anilines is 1. The fourth-order valence-electron chi connectivity index (χ4n) is 3.49. The van der Waals surface area contributed by atoms with Crippen molar-refractivity contribution in [2.24, 2.45) is 5.73 Å². The van der Waals surface area contributed by atoms with Crippen molar-refractivity contribution >= 4 is 23.5 Å². The number of carboxylic acid groups (broad SMARTS) is 2. The molecule has 1 amide bonds. The van der Waals surface area contributed by atoms with Crippen molar-refractivity contribution in [2.75, 3.05) is 24.6 Å². The average Bonchev–Trinajstić information content (AvgIpc) is 2.84. The lowest BCUT2D eigenvalue weighted by atomic mass is 10.0. The van der Waals surface area contributed by atoms with Crippen molar-refractivity contribution in [1.82, 2.24) is 5.32 Å². The number of nitrogens with two attached hydrogens (primary N) is 1. The van der Waals surface area contributed by atoms with Gasteiger partial charge in [0, 0.05) is 0 Å². The number of benzene rings is 1. The number of hydrogen-bond acceptors (Lipinski definition) is 6. The van der Waals surface area contributed by atoms with Gasteiger partial charge < -0.3 is 20.7 Å². The number of unbranched alkanes of at least 4 members (excludes halogenated alkanes) is 5. The number of amides is 1. The summed E-state index contributed by atoms with van der Waals surface area (Å²) < 4.78 is 5.68. The zero-order chi connectivity index (χ0) is 21.9. The van der Waals surface area contributed by atoms with Gasteiger partial charge in [0.25, 0.3) is 0 Å². The molecular weight excluding hydrogens is 390 g/mol. The number of carbonyl (C=O) groups excluding carboxylic acids is 1. The van der Waals surface area contributed by atoms with Crippen molar-refractivity contribution in [3.05, 3.63) is 24.3 Å². The van der Waals surface area contributed by atoms with Gasteiger partial charge in [-0.2, -0.15) is 0 Å². The minimum absolute atomic E-state index is 0.0746. The zero-order valence-corrected chi connectivity index (χ0v) is 17.1. The predicted molar refractivity (Wildman–Crippen MR) is 112 cm³/mol. The standard InChI is InChI=1S/C21H31N3O6/c22-12-8-4-2-1-3-5-9-15(21(28)29)23-16-14-30-18-11-7-6-10-17(18)24(20(16)27)13-19(25)26/h6-7,10-11,15-16,23H,1-5,8-9,12-14,22H2,(H,25,26)(H,28,29)/t15-,16?/m0/s1. The third kappa shape index (κ3) is 7.00. The fraction of sp³-hybridized carbons (Fsp3) is 0.571. The molecule has 0 saturated carbocycles. The molecule has 0 bridgehead atoms. The van der Waals surface area contributed by atoms with E-state index in [-0.39, 0.29) is 6.61 Å². The zero-order valence-electron chi connectivity index (χ0n) is 17.1. The van der Waals surface area contributed by atoms with Crippen LogP contribution in [0.5, 0.6) is 5.75 Å². The number of aliphatic carboxylic acids is 2. The van der Waals surface area contributed by atoms with E-state index >= 15 is 0 Å². The molecule has 1 unspecified atom stereocenters. The Hall–Kier alpha value is -2.65. The van der Waals surface area contributed by atoms with Crippen LogP contribution in [0.3, 0.4) is 0 Å². The van der Waals surface area contributed by atoms with Gasteiger partial charge in [0.2, 0.25) is 5.91 Å². The first-order chi connectivity index (χ1) is 14.4. The fourth-order valence-corrected chi connectivity index (χ4v) is 3.49. The second-order valence-corrected chi connectivity index (χ2v) is 7.41. The Morgan fingerprint density at radius 3 is 2.47 bits per heavy atom. The molecule has 1 aliphatic rings. The van der Waals surface area contributed by atoms with E-state index in [4.69, 9.17) is 10.5 Å². The second kappa shape index (κ2) is 12.1. The maximum absolute atomic E-state index is 13.0. The van der Waals surface area contributed by atoms with E-state index < -0.39 is 36.5 Å². The number of carbonyl (C=O) groups is 3. The Morgan fingerprint density at radius 1 is 1.13 bits per heavy atom. The van der Waals surface area contributed by atoms with Crippen LogP contribution in [0.1, 0.15) is 44.9 Å². The highest BCUT2D eigenvalue weighted by Crippen LogP contribution is 2.31. The number of ether oxygens (including phenoxy) is 1. The average molecular weight is 421 g/mol. The molecule has 2 rings (SSSR count). The molecule has 9 heteroatoms. The van der Waals surface area contributed by atoms with Crippen LogP contribution in [0.4, 0.5) is 5.69 Å². The minimum Gasteiger partial charge on any atom is -0.489 e. The highest BCUT2D eigenvalue weighted by atomic mass is 16.5. The Balaban J connectivity index is 1.99. The molecule has 1 aromatic carbocycles. The van der Waals surface area contributed by atoms with Gasteiger partial charge in [-0.25, -0.2) is 0 Å². The van der Waals surface area contributed by atoms with Crippen LogP contribution in [0.15, 0.2) is 24.3 Å². The summed E-state index contributed by atoms with van der Waals surface area (Å²) in [5, 5.41) is 21.7. The molecule has 0 aliphatic carbocycles. The molecule has 9 nitrogen and oxygen atoms in total. The van der Waals surface area contributed by atoms with Crippen molar-refractivity contribution in [2.45, 2.75) is 57.0 Å². The topological polar surface area (TPSA) is 142 Å². The summed E-state index contributed by atoms with van der Waals surface area (Å²) in [6.45, 7) is 0.0814. The molecule has 30 heavy (non-hydrogen) atoms. The monoisotopic (exact) mass is 421 g/mol. The number of nitrogens with zero attached hydrogens (tertiary/aromatic N) is 1. The molecule has 1 aliphatic heterocycles. The Morgan fingerprint density at radius 2 is 1.80 bits per heavy atom. The first-order valence-corrected chi connectivity index (χ1v) is 10.4. The van der Waals surface area contributed by atoms with Crippen molar-refractivity contribution in [3.8, 4) is 5.75 Å². The maximum atomic E-state index is 13.0. The van der Waals surface area contributed by atoms with Crippen LogP contribution in [-0.2, 0) is 14.4 Å². The van der Waals surface area contributed by atoms with E-state index in [1.54, 1.807) is 24.3 Å². The summed E-state index contributed by atoms with van der Waals surface area (Å²) in [7, 11) is 0. The highest BCUT2D eigenvalue weighted by Gasteiger charge is 2.35. The molecule has 0 saturated heterocycles. The van der Waals surface area contributed by atoms with E-state index in [0.717, 1.165) is 37.0 Å². The molecule has 166 valence electrons. The number of hydrogen-bond donors (Lipinski definition) is 4. The van der Waals surface area contributed by atoms with E-state index in [2.05, 4.69) is 5.32 Å². The van der Waals surface area contributed by atoms with Crippen LogP contribution in [0, 0.1) is 0 Å². The van der Waals surface area contributed by atoms with E-state index in [9.17, 15) is 24.6 Å². The molecule has 0 aromatic heterocycles. The summed E-state index contributed by atoms with van der Waals surface area (Å²) in [6, 6.07) is 4.80. The summed E-state index contributed by atoms with van der Waals surface area (Å²) in [5.74, 6) is -2.34. The van der Waals surface area contributed by atoms with Gasteiger partial charge in [-0.3, -0.25) is 24.6 Å². The van der Waals surface area contributed by atoms with Gasteiger partial charge >= 0.3 is 11.9 Å². The normalized spacial score (nSPS) is 17.0. The number of fused-ring (bicyclic) bond motifs is 1. The first kappa shape index (κ1) is 23.6. The van der Waals surface area contributed by atoms with Gasteiger partial charge in [-0.05, 0) is 31.5 Å². The van der Waals surface area contributed by atoms with E-state index in [0.29, 0.717) is 30.8 Å². The SMILES string of the molecule is NCCCCCCCC[C@H](NC1COc2ccccc2N(CC(=O)O)C1=O)C(=O)O. The number of nitrogens with one attached hydrogen (secondary N) is 1. The second-order valence-electron chi connectivity index (χ2n) is 7.41. The van der Waals surface area contributed by atoms with E-state index in [1.807, 2.05) is 0 Å². The van der Waals surface area contributed by atoms with Crippen molar-refractivity contribution < 1.29 is 29.3 Å². The third-order valence-corrected chi connectivity index (χ3v) is 5.07. The number of rotatable bonds is 13. The lowest BCUT2D eigenvalue weighted by molar-refractivity contribution is -0.141. The van der Waals surface area contributed by atoms with Crippen LogP contribution in [0.2, 0.25) is 0 Å².